The summed E-state index contributed by atoms with van der Waals surface area (Å²) in [7, 11) is 0. The van der Waals surface area contributed by atoms with Crippen LogP contribution in [0.3, 0.4) is 0 Å². The Morgan fingerprint density at radius 3 is 2.92 bits per heavy atom. The molecule has 0 aliphatic carbocycles. The first-order valence-electron chi connectivity index (χ1n) is 4.21. The first-order valence-corrected chi connectivity index (χ1v) is 4.21. The summed E-state index contributed by atoms with van der Waals surface area (Å²) >= 11 is 0. The molecule has 0 aromatic heterocycles. The summed E-state index contributed by atoms with van der Waals surface area (Å²) in [5, 5.41) is 8.40. The minimum absolute atomic E-state index is 0.0222. The molecule has 1 fully saturated rings. The summed E-state index contributed by atoms with van der Waals surface area (Å²) in [5.41, 5.74) is 0. The van der Waals surface area contributed by atoms with Crippen molar-refractivity contribution in [3.63, 3.8) is 0 Å². The van der Waals surface area contributed by atoms with Crippen LogP contribution < -0.4 is 0 Å². The first kappa shape index (κ1) is 9.48. The Kier molecular flexibility index (Phi) is 3.49. The molecular formula is C8H14O4. The van der Waals surface area contributed by atoms with E-state index in [-0.39, 0.29) is 18.8 Å². The third kappa shape index (κ3) is 2.79. The molecule has 1 rings (SSSR count). The maximum atomic E-state index is 10.2. The molecule has 12 heavy (non-hydrogen) atoms. The van der Waals surface area contributed by atoms with Gasteiger partial charge in [-0.2, -0.15) is 0 Å². The van der Waals surface area contributed by atoms with Gasteiger partial charge in [0, 0.05) is 6.42 Å². The van der Waals surface area contributed by atoms with Gasteiger partial charge in [-0.25, -0.2) is 0 Å². The molecule has 0 aromatic carbocycles. The van der Waals surface area contributed by atoms with Crippen LogP contribution >= 0.6 is 0 Å². The van der Waals surface area contributed by atoms with E-state index in [4.69, 9.17) is 14.6 Å². The lowest BCUT2D eigenvalue weighted by molar-refractivity contribution is -0.137. The van der Waals surface area contributed by atoms with Crippen LogP contribution in [0.15, 0.2) is 0 Å². The van der Waals surface area contributed by atoms with Gasteiger partial charge in [-0.1, -0.05) is 6.92 Å². The number of ether oxygens (including phenoxy) is 2. The molecule has 0 bridgehead atoms. The van der Waals surface area contributed by atoms with E-state index in [1.54, 1.807) is 0 Å². The smallest absolute Gasteiger partial charge is 0.303 e. The van der Waals surface area contributed by atoms with Crippen LogP contribution in [-0.4, -0.2) is 30.1 Å². The zero-order valence-corrected chi connectivity index (χ0v) is 7.16. The molecule has 1 saturated heterocycles. The van der Waals surface area contributed by atoms with Crippen LogP contribution in [0.2, 0.25) is 0 Å². The average molecular weight is 174 g/mol. The van der Waals surface area contributed by atoms with E-state index in [2.05, 4.69) is 0 Å². The molecule has 0 aromatic rings. The van der Waals surface area contributed by atoms with Gasteiger partial charge in [-0.3, -0.25) is 4.79 Å². The SMILES string of the molecule is CCC1OCC(CCC(=O)O)O1. The third-order valence-corrected chi connectivity index (χ3v) is 1.83. The summed E-state index contributed by atoms with van der Waals surface area (Å²) in [5.74, 6) is -0.779. The second kappa shape index (κ2) is 4.42. The lowest BCUT2D eigenvalue weighted by Crippen LogP contribution is -2.13. The molecule has 1 N–H and O–H groups in total. The summed E-state index contributed by atoms with van der Waals surface area (Å²) in [6.07, 6.45) is 1.38. The minimum atomic E-state index is -0.779. The van der Waals surface area contributed by atoms with Crippen molar-refractivity contribution in [2.75, 3.05) is 6.61 Å². The standard InChI is InChI=1S/C8H14O4/c1-2-8-11-5-6(12-8)3-4-7(9)10/h6,8H,2-5H2,1H3,(H,9,10). The fourth-order valence-corrected chi connectivity index (χ4v) is 1.16. The Bertz CT molecular complexity index is 157. The fraction of sp³-hybridized carbons (Fsp3) is 0.875. The van der Waals surface area contributed by atoms with E-state index in [1.807, 2.05) is 6.92 Å². The Labute approximate surface area is 71.5 Å². The highest BCUT2D eigenvalue weighted by atomic mass is 16.7. The lowest BCUT2D eigenvalue weighted by Gasteiger charge is -2.07. The van der Waals surface area contributed by atoms with Gasteiger partial charge in [0.15, 0.2) is 6.29 Å². The maximum absolute atomic E-state index is 10.2. The first-order chi connectivity index (χ1) is 5.72. The summed E-state index contributed by atoms with van der Waals surface area (Å²) in [4.78, 5) is 10.2. The second-order valence-electron chi connectivity index (χ2n) is 2.86. The van der Waals surface area contributed by atoms with Gasteiger partial charge < -0.3 is 14.6 Å². The molecule has 1 aliphatic rings. The van der Waals surface area contributed by atoms with Gasteiger partial charge in [0.1, 0.15) is 0 Å². The molecule has 2 atom stereocenters. The quantitative estimate of drug-likeness (QED) is 0.690. The van der Waals surface area contributed by atoms with Gasteiger partial charge in [-0.05, 0) is 12.8 Å². The number of hydrogen-bond acceptors (Lipinski definition) is 3. The average Bonchev–Trinajstić information content (AvgIpc) is 2.48. The van der Waals surface area contributed by atoms with Crippen molar-refractivity contribution in [3.8, 4) is 0 Å². The Morgan fingerprint density at radius 2 is 2.42 bits per heavy atom. The molecular weight excluding hydrogens is 160 g/mol. The number of aliphatic carboxylic acids is 1. The second-order valence-corrected chi connectivity index (χ2v) is 2.86. The van der Waals surface area contributed by atoms with Gasteiger partial charge in [0.25, 0.3) is 0 Å². The highest BCUT2D eigenvalue weighted by Gasteiger charge is 2.24. The van der Waals surface area contributed by atoms with Crippen molar-refractivity contribution in [2.45, 2.75) is 38.6 Å². The number of carboxylic acid groups (broad SMARTS) is 1. The van der Waals surface area contributed by atoms with Crippen molar-refractivity contribution >= 4 is 5.97 Å². The van der Waals surface area contributed by atoms with Gasteiger partial charge >= 0.3 is 5.97 Å². The largest absolute Gasteiger partial charge is 0.481 e. The molecule has 4 heteroatoms. The normalized spacial score (nSPS) is 29.1. The van der Waals surface area contributed by atoms with Crippen LogP contribution in [0.1, 0.15) is 26.2 Å². The zero-order valence-electron chi connectivity index (χ0n) is 7.16. The number of carboxylic acids is 1. The number of rotatable bonds is 4. The molecule has 1 aliphatic heterocycles. The predicted octanol–water partition coefficient (Wildman–Crippen LogP) is 1.00. The van der Waals surface area contributed by atoms with E-state index < -0.39 is 5.97 Å². The van der Waals surface area contributed by atoms with Crippen molar-refractivity contribution < 1.29 is 19.4 Å². The highest BCUT2D eigenvalue weighted by Crippen LogP contribution is 2.17. The summed E-state index contributed by atoms with van der Waals surface area (Å²) < 4.78 is 10.6. The number of hydrogen-bond donors (Lipinski definition) is 1. The summed E-state index contributed by atoms with van der Waals surface area (Å²) in [6, 6.07) is 0. The molecule has 0 saturated carbocycles. The highest BCUT2D eigenvalue weighted by molar-refractivity contribution is 5.66. The Morgan fingerprint density at radius 1 is 1.67 bits per heavy atom. The zero-order chi connectivity index (χ0) is 8.97. The van der Waals surface area contributed by atoms with Gasteiger partial charge in [0.2, 0.25) is 0 Å². The predicted molar refractivity (Wildman–Crippen MR) is 41.8 cm³/mol. The molecule has 4 nitrogen and oxygen atoms in total. The molecule has 70 valence electrons. The topological polar surface area (TPSA) is 55.8 Å². The van der Waals surface area contributed by atoms with Crippen LogP contribution in [0.4, 0.5) is 0 Å². The maximum Gasteiger partial charge on any atom is 0.303 e. The Balaban J connectivity index is 2.15. The fourth-order valence-electron chi connectivity index (χ4n) is 1.16. The molecule has 1 heterocycles. The van der Waals surface area contributed by atoms with E-state index >= 15 is 0 Å². The molecule has 0 amide bonds. The molecule has 0 spiro atoms. The lowest BCUT2D eigenvalue weighted by atomic mass is 10.2. The van der Waals surface area contributed by atoms with Crippen molar-refractivity contribution in [1.82, 2.24) is 0 Å². The minimum Gasteiger partial charge on any atom is -0.481 e. The van der Waals surface area contributed by atoms with E-state index in [9.17, 15) is 4.79 Å². The van der Waals surface area contributed by atoms with Crippen molar-refractivity contribution in [3.05, 3.63) is 0 Å². The van der Waals surface area contributed by atoms with E-state index in [1.165, 1.54) is 0 Å². The van der Waals surface area contributed by atoms with Crippen molar-refractivity contribution in [2.24, 2.45) is 0 Å². The number of carbonyl (C=O) groups is 1. The third-order valence-electron chi connectivity index (χ3n) is 1.83. The monoisotopic (exact) mass is 174 g/mol. The summed E-state index contributed by atoms with van der Waals surface area (Å²) in [6.45, 7) is 2.51. The van der Waals surface area contributed by atoms with Crippen LogP contribution in [0.25, 0.3) is 0 Å². The van der Waals surface area contributed by atoms with Crippen LogP contribution in [0, 0.1) is 0 Å². The van der Waals surface area contributed by atoms with Gasteiger partial charge in [-0.15, -0.1) is 0 Å². The van der Waals surface area contributed by atoms with Crippen LogP contribution in [0.5, 0.6) is 0 Å². The molecule has 2 unspecified atom stereocenters. The van der Waals surface area contributed by atoms with Gasteiger partial charge in [0.05, 0.1) is 12.7 Å². The van der Waals surface area contributed by atoms with Crippen LogP contribution in [-0.2, 0) is 14.3 Å². The van der Waals surface area contributed by atoms with Crippen molar-refractivity contribution in [1.29, 1.82) is 0 Å². The molecule has 0 radical (unpaired) electrons. The van der Waals surface area contributed by atoms with E-state index in [0.717, 1.165) is 6.42 Å². The Hall–Kier alpha value is -0.610. The van der Waals surface area contributed by atoms with E-state index in [0.29, 0.717) is 13.0 Å².